The van der Waals surface area contributed by atoms with Crippen LogP contribution in [0.1, 0.15) is 26.8 Å². The molecule has 4 heteroatoms. The van der Waals surface area contributed by atoms with Crippen molar-refractivity contribution in [2.75, 3.05) is 0 Å². The third-order valence-electron chi connectivity index (χ3n) is 3.35. The molecule has 3 rings (SSSR count). The van der Waals surface area contributed by atoms with Crippen LogP contribution in [0.15, 0.2) is 76.6 Å². The van der Waals surface area contributed by atoms with Gasteiger partial charge in [0.25, 0.3) is 5.91 Å². The number of hydrogen-bond acceptors (Lipinski definition) is 2. The van der Waals surface area contributed by atoms with Crippen LogP contribution in [0, 0.1) is 0 Å². The van der Waals surface area contributed by atoms with Crippen molar-refractivity contribution < 1.29 is 4.79 Å². The van der Waals surface area contributed by atoms with Crippen molar-refractivity contribution in [3.63, 3.8) is 0 Å². The number of thiophene rings is 1. The average Bonchev–Trinajstić information content (AvgIpc) is 3.08. The lowest BCUT2D eigenvalue weighted by atomic mass is 10.0. The van der Waals surface area contributed by atoms with Crippen molar-refractivity contribution in [1.82, 2.24) is 5.32 Å². The molecular formula is C18H14BrNOS. The molecule has 0 fully saturated rings. The zero-order valence-corrected chi connectivity index (χ0v) is 14.1. The van der Waals surface area contributed by atoms with Crippen LogP contribution < -0.4 is 5.32 Å². The van der Waals surface area contributed by atoms with Gasteiger partial charge < -0.3 is 5.32 Å². The molecule has 1 aromatic heterocycles. The first-order valence-corrected chi connectivity index (χ1v) is 8.56. The molecule has 0 aliphatic carbocycles. The normalized spacial score (nSPS) is 11.9. The topological polar surface area (TPSA) is 29.1 Å². The molecule has 0 saturated heterocycles. The predicted octanol–water partition coefficient (Wildman–Crippen LogP) is 5.03. The monoisotopic (exact) mass is 371 g/mol. The van der Waals surface area contributed by atoms with Crippen LogP contribution in [0.4, 0.5) is 0 Å². The molecule has 0 spiro atoms. The van der Waals surface area contributed by atoms with E-state index in [-0.39, 0.29) is 11.9 Å². The fraction of sp³-hybridized carbons (Fsp3) is 0.0556. The second-order valence-corrected chi connectivity index (χ2v) is 6.65. The van der Waals surface area contributed by atoms with Gasteiger partial charge in [0.05, 0.1) is 11.6 Å². The zero-order chi connectivity index (χ0) is 15.4. The van der Waals surface area contributed by atoms with Gasteiger partial charge in [-0.1, -0.05) is 48.5 Å². The summed E-state index contributed by atoms with van der Waals surface area (Å²) in [6.45, 7) is 0. The van der Waals surface area contributed by atoms with Gasteiger partial charge >= 0.3 is 0 Å². The SMILES string of the molecule is O=C(N[C@H](c1ccccc1)c1cccs1)c1ccccc1Br. The molecule has 22 heavy (non-hydrogen) atoms. The first-order chi connectivity index (χ1) is 10.8. The molecule has 3 aromatic rings. The molecule has 0 aliphatic rings. The minimum absolute atomic E-state index is 0.0882. The molecule has 0 aliphatic heterocycles. The Bertz CT molecular complexity index is 756. The van der Waals surface area contributed by atoms with E-state index < -0.39 is 0 Å². The second-order valence-electron chi connectivity index (χ2n) is 4.81. The Balaban J connectivity index is 1.91. The molecule has 1 heterocycles. The average molecular weight is 372 g/mol. The first-order valence-electron chi connectivity index (χ1n) is 6.89. The van der Waals surface area contributed by atoms with E-state index in [1.807, 2.05) is 72.1 Å². The Morgan fingerprint density at radius 1 is 0.955 bits per heavy atom. The third-order valence-corrected chi connectivity index (χ3v) is 4.98. The van der Waals surface area contributed by atoms with E-state index in [0.29, 0.717) is 5.56 Å². The summed E-state index contributed by atoms with van der Waals surface area (Å²) in [4.78, 5) is 13.7. The Labute approximate surface area is 141 Å². The Morgan fingerprint density at radius 3 is 2.36 bits per heavy atom. The Kier molecular flexibility index (Phi) is 4.71. The smallest absolute Gasteiger partial charge is 0.253 e. The summed E-state index contributed by atoms with van der Waals surface area (Å²) < 4.78 is 0.797. The molecule has 0 radical (unpaired) electrons. The molecular weight excluding hydrogens is 358 g/mol. The van der Waals surface area contributed by atoms with Crippen molar-refractivity contribution >= 4 is 33.2 Å². The number of nitrogens with one attached hydrogen (secondary N) is 1. The summed E-state index contributed by atoms with van der Waals surface area (Å²) in [6.07, 6.45) is 0. The van der Waals surface area contributed by atoms with Crippen molar-refractivity contribution in [1.29, 1.82) is 0 Å². The van der Waals surface area contributed by atoms with E-state index in [0.717, 1.165) is 14.9 Å². The number of rotatable bonds is 4. The van der Waals surface area contributed by atoms with Gasteiger partial charge in [0, 0.05) is 9.35 Å². The molecule has 0 unspecified atom stereocenters. The number of carbonyl (C=O) groups is 1. The minimum Gasteiger partial charge on any atom is -0.340 e. The first kappa shape index (κ1) is 15.0. The number of benzene rings is 2. The summed E-state index contributed by atoms with van der Waals surface area (Å²) in [7, 11) is 0. The van der Waals surface area contributed by atoms with Crippen LogP contribution in [0.2, 0.25) is 0 Å². The van der Waals surface area contributed by atoms with Crippen LogP contribution in [-0.2, 0) is 0 Å². The zero-order valence-electron chi connectivity index (χ0n) is 11.7. The van der Waals surface area contributed by atoms with Gasteiger partial charge in [-0.25, -0.2) is 0 Å². The maximum atomic E-state index is 12.6. The molecule has 2 nitrogen and oxygen atoms in total. The highest BCUT2D eigenvalue weighted by Gasteiger charge is 2.19. The second kappa shape index (κ2) is 6.90. The van der Waals surface area contributed by atoms with Crippen LogP contribution in [0.25, 0.3) is 0 Å². The van der Waals surface area contributed by atoms with E-state index >= 15 is 0 Å². The maximum Gasteiger partial charge on any atom is 0.253 e. The summed E-state index contributed by atoms with van der Waals surface area (Å²) in [5.74, 6) is -0.0882. The van der Waals surface area contributed by atoms with Crippen LogP contribution >= 0.6 is 27.3 Å². The largest absolute Gasteiger partial charge is 0.340 e. The fourth-order valence-corrected chi connectivity index (χ4v) is 3.54. The fourth-order valence-electron chi connectivity index (χ4n) is 2.27. The van der Waals surface area contributed by atoms with Crippen molar-refractivity contribution in [2.24, 2.45) is 0 Å². The highest BCUT2D eigenvalue weighted by molar-refractivity contribution is 9.10. The van der Waals surface area contributed by atoms with E-state index in [2.05, 4.69) is 21.2 Å². The molecule has 110 valence electrons. The summed E-state index contributed by atoms with van der Waals surface area (Å²) in [5, 5.41) is 5.16. The van der Waals surface area contributed by atoms with Gasteiger partial charge in [-0.05, 0) is 45.1 Å². The lowest BCUT2D eigenvalue weighted by Gasteiger charge is -2.18. The number of amides is 1. The molecule has 0 bridgehead atoms. The highest BCUT2D eigenvalue weighted by Crippen LogP contribution is 2.27. The molecule has 1 atom stereocenters. The molecule has 2 aromatic carbocycles. The summed E-state index contributed by atoms with van der Waals surface area (Å²) >= 11 is 5.07. The van der Waals surface area contributed by atoms with E-state index in [9.17, 15) is 4.79 Å². The van der Waals surface area contributed by atoms with Gasteiger partial charge in [-0.15, -0.1) is 11.3 Å². The van der Waals surface area contributed by atoms with Crippen LogP contribution in [0.3, 0.4) is 0 Å². The summed E-state index contributed by atoms with van der Waals surface area (Å²) in [6, 6.07) is 21.4. The van der Waals surface area contributed by atoms with E-state index in [4.69, 9.17) is 0 Å². The van der Waals surface area contributed by atoms with Gasteiger partial charge in [-0.3, -0.25) is 4.79 Å². The minimum atomic E-state index is -0.138. The van der Waals surface area contributed by atoms with Crippen molar-refractivity contribution in [2.45, 2.75) is 6.04 Å². The number of hydrogen-bond donors (Lipinski definition) is 1. The summed E-state index contributed by atoms with van der Waals surface area (Å²) in [5.41, 5.74) is 1.71. The van der Waals surface area contributed by atoms with E-state index in [1.165, 1.54) is 0 Å². The lowest BCUT2D eigenvalue weighted by Crippen LogP contribution is -2.29. The van der Waals surface area contributed by atoms with Gasteiger partial charge in [0.15, 0.2) is 0 Å². The number of halogens is 1. The van der Waals surface area contributed by atoms with Gasteiger partial charge in [-0.2, -0.15) is 0 Å². The lowest BCUT2D eigenvalue weighted by molar-refractivity contribution is 0.0942. The van der Waals surface area contributed by atoms with E-state index in [1.54, 1.807) is 11.3 Å². The van der Waals surface area contributed by atoms with Gasteiger partial charge in [0.2, 0.25) is 0 Å². The maximum absolute atomic E-state index is 12.6. The van der Waals surface area contributed by atoms with Crippen LogP contribution in [0.5, 0.6) is 0 Å². The molecule has 1 N–H and O–H groups in total. The molecule has 1 amide bonds. The number of carbonyl (C=O) groups excluding carboxylic acids is 1. The quantitative estimate of drug-likeness (QED) is 0.684. The van der Waals surface area contributed by atoms with Crippen molar-refractivity contribution in [3.05, 3.63) is 92.6 Å². The van der Waals surface area contributed by atoms with Crippen LogP contribution in [-0.4, -0.2) is 5.91 Å². The highest BCUT2D eigenvalue weighted by atomic mass is 79.9. The Morgan fingerprint density at radius 2 is 1.68 bits per heavy atom. The molecule has 0 saturated carbocycles. The standard InChI is InChI=1S/C18H14BrNOS/c19-15-10-5-4-9-14(15)18(21)20-17(16-11-6-12-22-16)13-7-2-1-3-8-13/h1-12,17H,(H,20,21)/t17-/m1/s1. The van der Waals surface area contributed by atoms with Gasteiger partial charge in [0.1, 0.15) is 0 Å². The third kappa shape index (κ3) is 3.29. The predicted molar refractivity (Wildman–Crippen MR) is 94.2 cm³/mol. The van der Waals surface area contributed by atoms with Crippen molar-refractivity contribution in [3.8, 4) is 0 Å². The Hall–Kier alpha value is -1.91.